The second kappa shape index (κ2) is 5.80. The quantitative estimate of drug-likeness (QED) is 0.682. The first-order chi connectivity index (χ1) is 7.52. The number of anilines is 1. The predicted molar refractivity (Wildman–Crippen MR) is 68.0 cm³/mol. The van der Waals surface area contributed by atoms with E-state index in [4.69, 9.17) is 0 Å². The summed E-state index contributed by atoms with van der Waals surface area (Å²) < 4.78 is 0. The van der Waals surface area contributed by atoms with Crippen molar-refractivity contribution in [3.63, 3.8) is 0 Å². The zero-order chi connectivity index (χ0) is 12.1. The minimum absolute atomic E-state index is 0.0851. The van der Waals surface area contributed by atoms with Crippen LogP contribution in [0.3, 0.4) is 0 Å². The maximum Gasteiger partial charge on any atom is 0.231 e. The van der Waals surface area contributed by atoms with Gasteiger partial charge in [0.2, 0.25) is 5.91 Å². The number of Topliss-reactive ketones (excluding diaryl/α,β-unsaturated/α-hetero) is 1. The first-order valence-electron chi connectivity index (χ1n) is 4.97. The molecule has 16 heavy (non-hydrogen) atoms. The van der Waals surface area contributed by atoms with Gasteiger partial charge in [0.05, 0.1) is 11.8 Å². The fraction of sp³-hybridized carbons (Fsp3) is 0.333. The summed E-state index contributed by atoms with van der Waals surface area (Å²) in [4.78, 5) is 22.5. The molecule has 1 N–H and O–H groups in total. The summed E-state index contributed by atoms with van der Waals surface area (Å²) in [6, 6.07) is 5.67. The van der Waals surface area contributed by atoms with Gasteiger partial charge in [-0.15, -0.1) is 0 Å². The number of benzene rings is 1. The molecule has 0 spiro atoms. The summed E-state index contributed by atoms with van der Waals surface area (Å²) in [5.74, 6) is -0.394. The fourth-order valence-electron chi connectivity index (χ4n) is 1.25. The van der Waals surface area contributed by atoms with Crippen molar-refractivity contribution in [2.45, 2.75) is 20.3 Å². The van der Waals surface area contributed by atoms with Crippen LogP contribution in [0.4, 0.5) is 5.69 Å². The molecule has 0 aliphatic heterocycles. The van der Waals surface area contributed by atoms with Crippen LogP contribution in [0.15, 0.2) is 18.2 Å². The Kier molecular flexibility index (Phi) is 4.68. The second-order valence-electron chi connectivity index (χ2n) is 3.70. The van der Waals surface area contributed by atoms with Crippen LogP contribution >= 0.6 is 15.9 Å². The van der Waals surface area contributed by atoms with Gasteiger partial charge in [-0.25, -0.2) is 0 Å². The Morgan fingerprint density at radius 2 is 1.94 bits per heavy atom. The average molecular weight is 284 g/mol. The van der Waals surface area contributed by atoms with Crippen molar-refractivity contribution in [3.05, 3.63) is 29.3 Å². The number of hydrogen-bond acceptors (Lipinski definition) is 2. The SMILES string of the molecule is Cc1ccc(NC(=O)CC(=O)CBr)cc1C. The summed E-state index contributed by atoms with van der Waals surface area (Å²) in [6.45, 7) is 3.99. The number of hydrogen-bond donors (Lipinski definition) is 1. The van der Waals surface area contributed by atoms with Crippen molar-refractivity contribution in [2.24, 2.45) is 0 Å². The molecular weight excluding hydrogens is 270 g/mol. The van der Waals surface area contributed by atoms with Gasteiger partial charge < -0.3 is 5.32 Å². The highest BCUT2D eigenvalue weighted by atomic mass is 79.9. The standard InChI is InChI=1S/C12H14BrNO2/c1-8-3-4-10(5-9(8)2)14-12(16)6-11(15)7-13/h3-5H,6-7H2,1-2H3,(H,14,16). The van der Waals surface area contributed by atoms with E-state index >= 15 is 0 Å². The zero-order valence-electron chi connectivity index (χ0n) is 9.34. The maximum absolute atomic E-state index is 11.4. The molecule has 0 unspecified atom stereocenters. The number of amides is 1. The van der Waals surface area contributed by atoms with Crippen LogP contribution in [-0.4, -0.2) is 17.0 Å². The Bertz CT molecular complexity index is 415. The first kappa shape index (κ1) is 12.9. The maximum atomic E-state index is 11.4. The van der Waals surface area contributed by atoms with E-state index in [2.05, 4.69) is 21.2 Å². The number of ketones is 1. The highest BCUT2D eigenvalue weighted by molar-refractivity contribution is 9.09. The molecule has 0 radical (unpaired) electrons. The van der Waals surface area contributed by atoms with E-state index in [1.54, 1.807) is 0 Å². The van der Waals surface area contributed by atoms with Gasteiger partial charge in [-0.2, -0.15) is 0 Å². The van der Waals surface area contributed by atoms with Crippen molar-refractivity contribution in [3.8, 4) is 0 Å². The Morgan fingerprint density at radius 3 is 2.50 bits per heavy atom. The molecule has 0 aromatic heterocycles. The molecule has 3 nitrogen and oxygen atoms in total. The lowest BCUT2D eigenvalue weighted by molar-refractivity contribution is -0.123. The van der Waals surface area contributed by atoms with E-state index < -0.39 is 0 Å². The summed E-state index contributed by atoms with van der Waals surface area (Å²) in [5.41, 5.74) is 3.02. The molecule has 1 amide bonds. The number of halogens is 1. The van der Waals surface area contributed by atoms with Gasteiger partial charge in [-0.3, -0.25) is 9.59 Å². The molecule has 0 fully saturated rings. The lowest BCUT2D eigenvalue weighted by atomic mass is 10.1. The van der Waals surface area contributed by atoms with E-state index in [1.807, 2.05) is 32.0 Å². The van der Waals surface area contributed by atoms with E-state index in [9.17, 15) is 9.59 Å². The monoisotopic (exact) mass is 283 g/mol. The molecular formula is C12H14BrNO2. The van der Waals surface area contributed by atoms with Gasteiger partial charge in [0, 0.05) is 5.69 Å². The minimum Gasteiger partial charge on any atom is -0.326 e. The topological polar surface area (TPSA) is 46.2 Å². The third-order valence-electron chi connectivity index (χ3n) is 2.30. The van der Waals surface area contributed by atoms with Gasteiger partial charge in [0.15, 0.2) is 5.78 Å². The number of nitrogens with one attached hydrogen (secondary N) is 1. The average Bonchev–Trinajstić information content (AvgIpc) is 2.23. The van der Waals surface area contributed by atoms with E-state index in [-0.39, 0.29) is 23.4 Å². The van der Waals surface area contributed by atoms with Crippen LogP contribution < -0.4 is 5.32 Å². The van der Waals surface area contributed by atoms with Gasteiger partial charge in [-0.05, 0) is 37.1 Å². The molecule has 0 heterocycles. The molecule has 0 saturated heterocycles. The van der Waals surface area contributed by atoms with Crippen LogP contribution in [0.25, 0.3) is 0 Å². The molecule has 0 saturated carbocycles. The molecule has 4 heteroatoms. The lowest BCUT2D eigenvalue weighted by Crippen LogP contribution is -2.17. The predicted octanol–water partition coefficient (Wildman–Crippen LogP) is 2.60. The normalized spacial score (nSPS) is 9.94. The van der Waals surface area contributed by atoms with E-state index in [0.717, 1.165) is 11.3 Å². The Balaban J connectivity index is 2.63. The Labute approximate surface area is 103 Å². The van der Waals surface area contributed by atoms with Gasteiger partial charge in [0.25, 0.3) is 0 Å². The first-order valence-corrected chi connectivity index (χ1v) is 6.10. The van der Waals surface area contributed by atoms with Gasteiger partial charge in [0.1, 0.15) is 0 Å². The molecule has 86 valence electrons. The number of rotatable bonds is 4. The van der Waals surface area contributed by atoms with Crippen molar-refractivity contribution in [1.82, 2.24) is 0 Å². The number of carbonyl (C=O) groups is 2. The number of aryl methyl sites for hydroxylation is 2. The van der Waals surface area contributed by atoms with Crippen LogP contribution in [0.5, 0.6) is 0 Å². The fourth-order valence-corrected chi connectivity index (χ4v) is 1.45. The number of carbonyl (C=O) groups excluding carboxylic acids is 2. The summed E-state index contributed by atoms with van der Waals surface area (Å²) in [7, 11) is 0. The van der Waals surface area contributed by atoms with Crippen molar-refractivity contribution in [1.29, 1.82) is 0 Å². The Morgan fingerprint density at radius 1 is 1.25 bits per heavy atom. The largest absolute Gasteiger partial charge is 0.326 e. The molecule has 0 bridgehead atoms. The third-order valence-corrected chi connectivity index (χ3v) is 2.92. The smallest absolute Gasteiger partial charge is 0.231 e. The Hall–Kier alpha value is -1.16. The van der Waals surface area contributed by atoms with Gasteiger partial charge in [-0.1, -0.05) is 22.0 Å². The van der Waals surface area contributed by atoms with Crippen LogP contribution in [0, 0.1) is 13.8 Å². The van der Waals surface area contributed by atoms with Crippen LogP contribution in [0.1, 0.15) is 17.5 Å². The van der Waals surface area contributed by atoms with Crippen molar-refractivity contribution in [2.75, 3.05) is 10.6 Å². The van der Waals surface area contributed by atoms with Crippen molar-refractivity contribution < 1.29 is 9.59 Å². The summed E-state index contributed by atoms with van der Waals surface area (Å²) in [6.07, 6.45) is -0.0851. The number of alkyl halides is 1. The van der Waals surface area contributed by atoms with E-state index in [1.165, 1.54) is 5.56 Å². The van der Waals surface area contributed by atoms with E-state index in [0.29, 0.717) is 0 Å². The highest BCUT2D eigenvalue weighted by Gasteiger charge is 2.08. The summed E-state index contributed by atoms with van der Waals surface area (Å²) >= 11 is 3.02. The van der Waals surface area contributed by atoms with Crippen LogP contribution in [0.2, 0.25) is 0 Å². The zero-order valence-corrected chi connectivity index (χ0v) is 10.9. The lowest BCUT2D eigenvalue weighted by Gasteiger charge is -2.06. The van der Waals surface area contributed by atoms with Gasteiger partial charge >= 0.3 is 0 Å². The van der Waals surface area contributed by atoms with Crippen molar-refractivity contribution >= 4 is 33.3 Å². The molecule has 0 aliphatic carbocycles. The van der Waals surface area contributed by atoms with Crippen LogP contribution in [-0.2, 0) is 9.59 Å². The highest BCUT2D eigenvalue weighted by Crippen LogP contribution is 2.14. The molecule has 1 aromatic carbocycles. The molecule has 1 rings (SSSR count). The second-order valence-corrected chi connectivity index (χ2v) is 4.26. The molecule has 0 aliphatic rings. The molecule has 0 atom stereocenters. The summed E-state index contributed by atoms with van der Waals surface area (Å²) in [5, 5.41) is 2.91. The third kappa shape index (κ3) is 3.77. The molecule has 1 aromatic rings. The minimum atomic E-state index is -0.271.